The molecule has 1 saturated carbocycles. The lowest BCUT2D eigenvalue weighted by Crippen LogP contribution is -2.56. The first-order valence-corrected chi connectivity index (χ1v) is 8.28. The van der Waals surface area contributed by atoms with Gasteiger partial charge in [-0.05, 0) is 62.9 Å². The normalized spacial score (nSPS) is 28.9. The molecule has 1 aliphatic rings. The van der Waals surface area contributed by atoms with E-state index >= 15 is 0 Å². The molecule has 0 aromatic rings. The van der Waals surface area contributed by atoms with Crippen LogP contribution in [0.25, 0.3) is 0 Å². The molecule has 0 atom stereocenters. The lowest BCUT2D eigenvalue weighted by Gasteiger charge is -2.48. The van der Waals surface area contributed by atoms with Gasteiger partial charge in [-0.1, -0.05) is 34.6 Å². The highest BCUT2D eigenvalue weighted by atomic mass is 15.2. The van der Waals surface area contributed by atoms with Crippen molar-refractivity contribution in [2.24, 2.45) is 17.1 Å². The van der Waals surface area contributed by atoms with Crippen LogP contribution in [-0.2, 0) is 0 Å². The fraction of sp³-hybridized carbons (Fsp3) is 1.00. The standard InChI is InChI=1S/C17H36N2/c1-6-12-19(13-11-16(3,4)5)17(14-18)9-7-15(2)8-10-17/h15H,6-14,18H2,1-5H3. The van der Waals surface area contributed by atoms with Gasteiger partial charge in [-0.2, -0.15) is 0 Å². The number of hydrogen-bond donors (Lipinski definition) is 1. The van der Waals surface area contributed by atoms with Crippen molar-refractivity contribution in [1.29, 1.82) is 0 Å². The molecule has 0 amide bonds. The lowest BCUT2D eigenvalue weighted by molar-refractivity contribution is 0.0362. The molecule has 2 heteroatoms. The maximum atomic E-state index is 6.21. The molecular weight excluding hydrogens is 232 g/mol. The molecule has 1 aliphatic carbocycles. The Hall–Kier alpha value is -0.0800. The zero-order valence-electron chi connectivity index (χ0n) is 14.0. The van der Waals surface area contributed by atoms with E-state index < -0.39 is 0 Å². The Morgan fingerprint density at radius 1 is 1.16 bits per heavy atom. The van der Waals surface area contributed by atoms with Crippen molar-refractivity contribution in [3.8, 4) is 0 Å². The third-order valence-corrected chi connectivity index (χ3v) is 4.88. The topological polar surface area (TPSA) is 29.3 Å². The van der Waals surface area contributed by atoms with Crippen LogP contribution in [0, 0.1) is 11.3 Å². The predicted octanol–water partition coefficient (Wildman–Crippen LogP) is 4.04. The minimum Gasteiger partial charge on any atom is -0.329 e. The Balaban J connectivity index is 2.70. The summed E-state index contributed by atoms with van der Waals surface area (Å²) in [6, 6.07) is 0. The van der Waals surface area contributed by atoms with E-state index in [4.69, 9.17) is 5.73 Å². The van der Waals surface area contributed by atoms with Crippen molar-refractivity contribution < 1.29 is 0 Å². The van der Waals surface area contributed by atoms with E-state index in [2.05, 4.69) is 39.5 Å². The summed E-state index contributed by atoms with van der Waals surface area (Å²) in [5, 5.41) is 0. The molecule has 2 nitrogen and oxygen atoms in total. The van der Waals surface area contributed by atoms with E-state index in [0.717, 1.165) is 12.5 Å². The Kier molecular flexibility index (Phi) is 6.32. The first-order valence-electron chi connectivity index (χ1n) is 8.28. The van der Waals surface area contributed by atoms with Crippen LogP contribution in [0.3, 0.4) is 0 Å². The first kappa shape index (κ1) is 17.0. The van der Waals surface area contributed by atoms with E-state index in [1.54, 1.807) is 0 Å². The van der Waals surface area contributed by atoms with Gasteiger partial charge < -0.3 is 5.73 Å². The quantitative estimate of drug-likeness (QED) is 0.787. The monoisotopic (exact) mass is 268 g/mol. The number of hydrogen-bond acceptors (Lipinski definition) is 2. The van der Waals surface area contributed by atoms with Crippen LogP contribution in [-0.4, -0.2) is 30.1 Å². The summed E-state index contributed by atoms with van der Waals surface area (Å²) in [6.07, 6.45) is 7.81. The summed E-state index contributed by atoms with van der Waals surface area (Å²) in [4.78, 5) is 2.73. The molecule has 0 aliphatic heterocycles. The Morgan fingerprint density at radius 3 is 2.16 bits per heavy atom. The van der Waals surface area contributed by atoms with Crippen molar-refractivity contribution in [2.75, 3.05) is 19.6 Å². The van der Waals surface area contributed by atoms with E-state index in [-0.39, 0.29) is 0 Å². The average molecular weight is 268 g/mol. The molecule has 114 valence electrons. The molecule has 0 aromatic carbocycles. The minimum absolute atomic E-state index is 0.299. The fourth-order valence-electron chi connectivity index (χ4n) is 3.28. The molecule has 0 spiro atoms. The van der Waals surface area contributed by atoms with Crippen molar-refractivity contribution in [1.82, 2.24) is 4.90 Å². The molecule has 0 unspecified atom stereocenters. The SMILES string of the molecule is CCCN(CCC(C)(C)C)C1(CN)CCC(C)CC1. The maximum Gasteiger partial charge on any atom is 0.0331 e. The van der Waals surface area contributed by atoms with Crippen LogP contribution in [0.5, 0.6) is 0 Å². The van der Waals surface area contributed by atoms with E-state index in [1.165, 1.54) is 51.6 Å². The second kappa shape index (κ2) is 7.08. The summed E-state index contributed by atoms with van der Waals surface area (Å²) in [7, 11) is 0. The van der Waals surface area contributed by atoms with Gasteiger partial charge in [-0.25, -0.2) is 0 Å². The minimum atomic E-state index is 0.299. The first-order chi connectivity index (χ1) is 8.83. The molecule has 0 bridgehead atoms. The van der Waals surface area contributed by atoms with Gasteiger partial charge in [0.05, 0.1) is 0 Å². The smallest absolute Gasteiger partial charge is 0.0331 e. The van der Waals surface area contributed by atoms with E-state index in [0.29, 0.717) is 11.0 Å². The summed E-state index contributed by atoms with van der Waals surface area (Å²) >= 11 is 0. The summed E-state index contributed by atoms with van der Waals surface area (Å²) < 4.78 is 0. The van der Waals surface area contributed by atoms with Crippen LogP contribution in [0.2, 0.25) is 0 Å². The molecule has 0 saturated heterocycles. The molecule has 19 heavy (non-hydrogen) atoms. The van der Waals surface area contributed by atoms with Crippen molar-refractivity contribution in [3.05, 3.63) is 0 Å². The second-order valence-corrected chi connectivity index (χ2v) is 7.91. The van der Waals surface area contributed by atoms with E-state index in [9.17, 15) is 0 Å². The molecule has 0 heterocycles. The van der Waals surface area contributed by atoms with Crippen LogP contribution in [0.1, 0.15) is 73.1 Å². The summed E-state index contributed by atoms with van der Waals surface area (Å²) in [6.45, 7) is 15.0. The zero-order chi connectivity index (χ0) is 14.5. The lowest BCUT2D eigenvalue weighted by atomic mass is 9.75. The highest BCUT2D eigenvalue weighted by molar-refractivity contribution is 4.95. The van der Waals surface area contributed by atoms with Crippen LogP contribution >= 0.6 is 0 Å². The highest BCUT2D eigenvalue weighted by Crippen LogP contribution is 2.36. The Morgan fingerprint density at radius 2 is 1.74 bits per heavy atom. The van der Waals surface area contributed by atoms with Gasteiger partial charge in [0.15, 0.2) is 0 Å². The highest BCUT2D eigenvalue weighted by Gasteiger charge is 2.38. The molecular formula is C17H36N2. The fourth-order valence-corrected chi connectivity index (χ4v) is 3.28. The molecule has 2 N–H and O–H groups in total. The summed E-state index contributed by atoms with van der Waals surface area (Å²) in [5.41, 5.74) is 6.93. The van der Waals surface area contributed by atoms with Crippen molar-refractivity contribution in [3.63, 3.8) is 0 Å². The van der Waals surface area contributed by atoms with Crippen molar-refractivity contribution in [2.45, 2.75) is 78.7 Å². The summed E-state index contributed by atoms with van der Waals surface area (Å²) in [5.74, 6) is 0.894. The van der Waals surface area contributed by atoms with Gasteiger partial charge in [0.25, 0.3) is 0 Å². The van der Waals surface area contributed by atoms with Gasteiger partial charge in [0.2, 0.25) is 0 Å². The van der Waals surface area contributed by atoms with Crippen LogP contribution in [0.4, 0.5) is 0 Å². The largest absolute Gasteiger partial charge is 0.329 e. The van der Waals surface area contributed by atoms with Gasteiger partial charge in [0, 0.05) is 12.1 Å². The Labute approximate surface area is 121 Å². The second-order valence-electron chi connectivity index (χ2n) is 7.91. The van der Waals surface area contributed by atoms with Crippen LogP contribution in [0.15, 0.2) is 0 Å². The predicted molar refractivity (Wildman–Crippen MR) is 85.4 cm³/mol. The average Bonchev–Trinajstić information content (AvgIpc) is 2.35. The van der Waals surface area contributed by atoms with E-state index in [1.807, 2.05) is 0 Å². The zero-order valence-corrected chi connectivity index (χ0v) is 14.0. The molecule has 0 radical (unpaired) electrons. The van der Waals surface area contributed by atoms with Gasteiger partial charge >= 0.3 is 0 Å². The molecule has 0 aromatic heterocycles. The maximum absolute atomic E-state index is 6.21. The van der Waals surface area contributed by atoms with Gasteiger partial charge in [0.1, 0.15) is 0 Å². The number of nitrogens with two attached hydrogens (primary N) is 1. The van der Waals surface area contributed by atoms with Gasteiger partial charge in [-0.3, -0.25) is 4.90 Å². The third kappa shape index (κ3) is 5.07. The molecule has 1 rings (SSSR count). The van der Waals surface area contributed by atoms with Crippen LogP contribution < -0.4 is 5.73 Å². The molecule has 1 fully saturated rings. The Bertz CT molecular complexity index is 246. The number of rotatable bonds is 6. The third-order valence-electron chi connectivity index (χ3n) is 4.88. The van der Waals surface area contributed by atoms with Gasteiger partial charge in [-0.15, -0.1) is 0 Å². The van der Waals surface area contributed by atoms with Crippen molar-refractivity contribution >= 4 is 0 Å². The number of nitrogens with zero attached hydrogens (tertiary/aromatic N) is 1.